The Kier molecular flexibility index (Phi) is 15.1. The van der Waals surface area contributed by atoms with Crippen molar-refractivity contribution >= 4 is 11.9 Å². The van der Waals surface area contributed by atoms with Crippen LogP contribution in [0.25, 0.3) is 0 Å². The Labute approximate surface area is 181 Å². The molecule has 0 fully saturated rings. The predicted molar refractivity (Wildman–Crippen MR) is 118 cm³/mol. The number of carbonyl (C=O) groups excluding carboxylic acids is 2. The van der Waals surface area contributed by atoms with Crippen molar-refractivity contribution in [3.63, 3.8) is 0 Å². The Balaban J connectivity index is 1.82. The molecule has 0 amide bonds. The van der Waals surface area contributed by atoms with Gasteiger partial charge in [0.1, 0.15) is 11.3 Å². The molecule has 1 aromatic rings. The molecule has 0 aliphatic rings. The van der Waals surface area contributed by atoms with Crippen molar-refractivity contribution < 1.29 is 24.2 Å². The summed E-state index contributed by atoms with van der Waals surface area (Å²) in [6.45, 7) is 4.42. The average Bonchev–Trinajstić information content (AvgIpc) is 2.75. The van der Waals surface area contributed by atoms with Gasteiger partial charge in [0.2, 0.25) is 0 Å². The molecule has 0 N–H and O–H groups in total. The van der Waals surface area contributed by atoms with Crippen LogP contribution in [0.5, 0.6) is 5.75 Å². The number of unbranched alkanes of at least 4 members (excludes halogenated alkanes) is 12. The Hall–Kier alpha value is -2.30. The van der Waals surface area contributed by atoms with E-state index in [1.807, 2.05) is 0 Å². The van der Waals surface area contributed by atoms with Crippen molar-refractivity contribution in [3.8, 4) is 5.75 Å². The fourth-order valence-corrected chi connectivity index (χ4v) is 3.32. The Morgan fingerprint density at radius 1 is 0.733 bits per heavy atom. The highest BCUT2D eigenvalue weighted by Crippen LogP contribution is 2.18. The fourth-order valence-electron chi connectivity index (χ4n) is 3.32. The number of ether oxygens (including phenoxy) is 2. The predicted octanol–water partition coefficient (Wildman–Crippen LogP) is 6.44. The molecule has 5 nitrogen and oxygen atoms in total. The van der Waals surface area contributed by atoms with E-state index in [1.165, 1.54) is 69.9 Å². The van der Waals surface area contributed by atoms with Crippen LogP contribution in [0, 0.1) is 0 Å². The minimum atomic E-state index is -1.20. The summed E-state index contributed by atoms with van der Waals surface area (Å²) in [4.78, 5) is 21.9. The molecule has 167 valence electrons. The van der Waals surface area contributed by atoms with Gasteiger partial charge in [-0.1, -0.05) is 89.3 Å². The quantitative estimate of drug-likeness (QED) is 0.148. The average molecular weight is 418 g/mol. The third-order valence-electron chi connectivity index (χ3n) is 5.06. The molecule has 0 unspecified atom stereocenters. The van der Waals surface area contributed by atoms with E-state index < -0.39 is 5.97 Å². The van der Waals surface area contributed by atoms with E-state index >= 15 is 0 Å². The van der Waals surface area contributed by atoms with Gasteiger partial charge in [0.25, 0.3) is 0 Å². The second-order valence-electron chi connectivity index (χ2n) is 7.60. The van der Waals surface area contributed by atoms with Crippen molar-refractivity contribution in [1.29, 1.82) is 0 Å². The highest BCUT2D eigenvalue weighted by molar-refractivity contribution is 5.90. The lowest BCUT2D eigenvalue weighted by atomic mass is 10.0. The number of esters is 1. The number of hydrogen-bond donors (Lipinski definition) is 0. The second kappa shape index (κ2) is 17.5. The molecule has 0 aromatic heterocycles. The van der Waals surface area contributed by atoms with Crippen molar-refractivity contribution in [2.24, 2.45) is 0 Å². The van der Waals surface area contributed by atoms with Gasteiger partial charge in [-0.05, 0) is 25.0 Å². The van der Waals surface area contributed by atoms with Crippen LogP contribution in [0.1, 0.15) is 93.8 Å². The zero-order valence-electron chi connectivity index (χ0n) is 18.2. The summed E-state index contributed by atoms with van der Waals surface area (Å²) in [5, 5.41) is 11.0. The van der Waals surface area contributed by atoms with Crippen LogP contribution >= 0.6 is 0 Å². The van der Waals surface area contributed by atoms with Crippen molar-refractivity contribution in [1.82, 2.24) is 0 Å². The van der Waals surface area contributed by atoms with Crippen LogP contribution < -0.4 is 4.74 Å². The molecule has 0 heterocycles. The van der Waals surface area contributed by atoms with Crippen LogP contribution in [-0.2, 0) is 14.6 Å². The second-order valence-corrected chi connectivity index (χ2v) is 7.60. The molecule has 0 aliphatic heterocycles. The van der Waals surface area contributed by atoms with Crippen LogP contribution in [0.3, 0.4) is 0 Å². The van der Waals surface area contributed by atoms with Gasteiger partial charge in [-0.25, -0.2) is 14.7 Å². The zero-order chi connectivity index (χ0) is 21.9. The molecule has 1 rings (SSSR count). The minimum Gasteiger partial charge on any atom is -0.493 e. The summed E-state index contributed by atoms with van der Waals surface area (Å²) in [5.74, 6) is -1.13. The van der Waals surface area contributed by atoms with Crippen molar-refractivity contribution in [2.75, 3.05) is 13.2 Å². The van der Waals surface area contributed by atoms with E-state index in [1.54, 1.807) is 18.2 Å². The largest absolute Gasteiger partial charge is 0.493 e. The molecule has 0 atom stereocenters. The lowest BCUT2D eigenvalue weighted by Crippen LogP contribution is -2.03. The molecule has 1 aromatic carbocycles. The van der Waals surface area contributed by atoms with Gasteiger partial charge in [0, 0.05) is 6.08 Å². The van der Waals surface area contributed by atoms with Gasteiger partial charge in [-0.3, -0.25) is 0 Å². The first-order valence-electron chi connectivity index (χ1n) is 11.4. The van der Waals surface area contributed by atoms with E-state index in [0.717, 1.165) is 25.7 Å². The van der Waals surface area contributed by atoms with Crippen molar-refractivity contribution in [3.05, 3.63) is 42.5 Å². The van der Waals surface area contributed by atoms with Crippen molar-refractivity contribution in [2.45, 2.75) is 83.5 Å². The van der Waals surface area contributed by atoms with E-state index in [-0.39, 0.29) is 11.5 Å². The molecule has 5 heteroatoms. The third-order valence-corrected chi connectivity index (χ3v) is 5.06. The maximum Gasteiger partial charge on any atom is 0.390 e. The first-order valence-corrected chi connectivity index (χ1v) is 11.4. The van der Waals surface area contributed by atoms with Gasteiger partial charge in [0.05, 0.1) is 13.2 Å². The number of carbonyl (C=O) groups is 2. The van der Waals surface area contributed by atoms with Crippen LogP contribution in [0.4, 0.5) is 0 Å². The molecular weight excluding hydrogens is 380 g/mol. The summed E-state index contributed by atoms with van der Waals surface area (Å²) in [5.41, 5.74) is 0.117. The zero-order valence-corrected chi connectivity index (χ0v) is 18.2. The summed E-state index contributed by atoms with van der Waals surface area (Å²) in [6, 6.07) is 6.62. The lowest BCUT2D eigenvalue weighted by molar-refractivity contribution is -0.137. The molecule has 0 aliphatic carbocycles. The van der Waals surface area contributed by atoms with E-state index in [9.17, 15) is 14.7 Å². The Morgan fingerprint density at radius 3 is 1.70 bits per heavy atom. The topological polar surface area (TPSA) is 72.5 Å². The summed E-state index contributed by atoms with van der Waals surface area (Å²) >= 11 is 0. The summed E-state index contributed by atoms with van der Waals surface area (Å²) < 4.78 is 10.5. The Morgan fingerprint density at radius 2 is 1.20 bits per heavy atom. The molecule has 0 bridgehead atoms. The molecular formula is C25H37O5. The fraction of sp³-hybridized carbons (Fsp3) is 0.600. The maximum atomic E-state index is 11.0. The van der Waals surface area contributed by atoms with Gasteiger partial charge < -0.3 is 9.47 Å². The Bertz CT molecular complexity index is 611. The number of para-hydroxylation sites is 1. The van der Waals surface area contributed by atoms with Crippen LogP contribution in [0.2, 0.25) is 0 Å². The highest BCUT2D eigenvalue weighted by atomic mass is 16.5. The van der Waals surface area contributed by atoms with E-state index in [4.69, 9.17) is 9.47 Å². The molecule has 1 radical (unpaired) electrons. The number of rotatable bonds is 19. The SMILES string of the molecule is C=CC(=O)OCCCCCCCCCCCCCCCOc1ccccc1C([O])=O. The maximum absolute atomic E-state index is 11.0. The van der Waals surface area contributed by atoms with Gasteiger partial charge in [0.15, 0.2) is 0 Å². The standard InChI is InChI=1S/C25H37O5/c1-2-24(26)30-21-17-13-11-9-7-5-3-4-6-8-10-12-16-20-29-23-19-15-14-18-22(23)25(27)28/h2,14-15,18-19H,1,3-13,16-17,20-21H2. The number of hydrogen-bond acceptors (Lipinski definition) is 4. The first-order chi connectivity index (χ1) is 14.6. The van der Waals surface area contributed by atoms with Crippen LogP contribution in [0.15, 0.2) is 36.9 Å². The minimum absolute atomic E-state index is 0.117. The van der Waals surface area contributed by atoms with Crippen LogP contribution in [-0.4, -0.2) is 25.2 Å². The lowest BCUT2D eigenvalue weighted by Gasteiger charge is -2.08. The van der Waals surface area contributed by atoms with Gasteiger partial charge in [-0.2, -0.15) is 0 Å². The normalized spacial score (nSPS) is 10.5. The molecule has 0 saturated carbocycles. The smallest absolute Gasteiger partial charge is 0.390 e. The first kappa shape index (κ1) is 25.7. The third kappa shape index (κ3) is 13.0. The summed E-state index contributed by atoms with van der Waals surface area (Å²) in [7, 11) is 0. The van der Waals surface area contributed by atoms with Gasteiger partial charge in [-0.15, -0.1) is 0 Å². The van der Waals surface area contributed by atoms with E-state index in [0.29, 0.717) is 19.0 Å². The highest BCUT2D eigenvalue weighted by Gasteiger charge is 2.11. The van der Waals surface area contributed by atoms with Gasteiger partial charge >= 0.3 is 11.9 Å². The van der Waals surface area contributed by atoms with E-state index in [2.05, 4.69) is 6.58 Å². The molecule has 0 saturated heterocycles. The molecule has 30 heavy (non-hydrogen) atoms. The monoisotopic (exact) mass is 417 g/mol. The molecule has 0 spiro atoms. The number of benzene rings is 1. The summed E-state index contributed by atoms with van der Waals surface area (Å²) in [6.07, 6.45) is 16.7.